The highest BCUT2D eigenvalue weighted by molar-refractivity contribution is 5.90. The molecule has 0 unspecified atom stereocenters. The first-order valence-corrected chi connectivity index (χ1v) is 7.61. The second-order valence-electron chi connectivity index (χ2n) is 5.30. The summed E-state index contributed by atoms with van der Waals surface area (Å²) >= 11 is 0. The molecular formula is C17H25N3O. The van der Waals surface area contributed by atoms with Crippen LogP contribution in [0.2, 0.25) is 0 Å². The summed E-state index contributed by atoms with van der Waals surface area (Å²) in [4.78, 5) is 14.2. The number of carbonyl (C=O) groups excluding carboxylic acids is 1. The number of nitrogens with one attached hydrogen (secondary N) is 1. The number of hydrogen-bond acceptors (Lipinski definition) is 3. The third-order valence-corrected chi connectivity index (χ3v) is 3.76. The summed E-state index contributed by atoms with van der Waals surface area (Å²) in [6, 6.07) is 9.65. The highest BCUT2D eigenvalue weighted by Gasteiger charge is 2.10. The van der Waals surface area contributed by atoms with Gasteiger partial charge in [-0.1, -0.05) is 19.9 Å². The highest BCUT2D eigenvalue weighted by atomic mass is 16.1. The molecule has 1 rings (SSSR count). The van der Waals surface area contributed by atoms with Crippen LogP contribution in [0.4, 0.5) is 5.69 Å². The summed E-state index contributed by atoms with van der Waals surface area (Å²) in [5.41, 5.74) is 1.24. The molecule has 114 valence electrons. The molecule has 0 aliphatic heterocycles. The molecule has 0 saturated heterocycles. The van der Waals surface area contributed by atoms with Crippen molar-refractivity contribution >= 4 is 11.6 Å². The van der Waals surface area contributed by atoms with Gasteiger partial charge in [-0.2, -0.15) is 5.26 Å². The monoisotopic (exact) mass is 287 g/mol. The van der Waals surface area contributed by atoms with Crippen molar-refractivity contribution in [1.82, 2.24) is 4.90 Å². The molecule has 0 aliphatic rings. The largest absolute Gasteiger partial charge is 0.326 e. The Morgan fingerprint density at radius 3 is 2.71 bits per heavy atom. The van der Waals surface area contributed by atoms with Crippen molar-refractivity contribution in [3.05, 3.63) is 29.8 Å². The predicted molar refractivity (Wildman–Crippen MR) is 86.0 cm³/mol. The lowest BCUT2D eigenvalue weighted by Gasteiger charge is -2.25. The van der Waals surface area contributed by atoms with E-state index in [1.807, 2.05) is 0 Å². The van der Waals surface area contributed by atoms with Crippen molar-refractivity contribution < 1.29 is 4.79 Å². The van der Waals surface area contributed by atoms with Crippen LogP contribution in [0.25, 0.3) is 0 Å². The minimum Gasteiger partial charge on any atom is -0.326 e. The van der Waals surface area contributed by atoms with Crippen LogP contribution in [0.1, 0.15) is 45.1 Å². The van der Waals surface area contributed by atoms with E-state index in [-0.39, 0.29) is 5.91 Å². The first-order chi connectivity index (χ1) is 10.1. The smallest absolute Gasteiger partial charge is 0.224 e. The summed E-state index contributed by atoms with van der Waals surface area (Å²) < 4.78 is 0. The average Bonchev–Trinajstić information content (AvgIpc) is 2.48. The topological polar surface area (TPSA) is 56.1 Å². The molecule has 0 fully saturated rings. The van der Waals surface area contributed by atoms with Gasteiger partial charge in [0.15, 0.2) is 0 Å². The van der Waals surface area contributed by atoms with Crippen molar-refractivity contribution in [2.45, 2.75) is 45.6 Å². The lowest BCUT2D eigenvalue weighted by molar-refractivity contribution is -0.116. The first-order valence-electron chi connectivity index (χ1n) is 7.61. The summed E-state index contributed by atoms with van der Waals surface area (Å²) in [5, 5.41) is 11.7. The normalized spacial score (nSPS) is 10.7. The molecule has 0 atom stereocenters. The molecule has 1 aromatic carbocycles. The maximum absolute atomic E-state index is 11.9. The van der Waals surface area contributed by atoms with Crippen molar-refractivity contribution in [2.24, 2.45) is 0 Å². The number of amides is 1. The van der Waals surface area contributed by atoms with Crippen LogP contribution in [0.5, 0.6) is 0 Å². The molecular weight excluding hydrogens is 262 g/mol. The minimum atomic E-state index is 0.00281. The van der Waals surface area contributed by atoms with Crippen LogP contribution >= 0.6 is 0 Å². The zero-order chi connectivity index (χ0) is 15.7. The number of nitrogens with zero attached hydrogens (tertiary/aromatic N) is 2. The van der Waals surface area contributed by atoms with E-state index in [2.05, 4.69) is 37.2 Å². The maximum atomic E-state index is 11.9. The molecule has 1 N–H and O–H groups in total. The van der Waals surface area contributed by atoms with Crippen LogP contribution in [-0.4, -0.2) is 30.4 Å². The van der Waals surface area contributed by atoms with Crippen molar-refractivity contribution in [2.75, 3.05) is 18.9 Å². The maximum Gasteiger partial charge on any atom is 0.224 e. The number of benzene rings is 1. The van der Waals surface area contributed by atoms with Gasteiger partial charge in [0.1, 0.15) is 0 Å². The van der Waals surface area contributed by atoms with E-state index in [0.717, 1.165) is 25.8 Å². The van der Waals surface area contributed by atoms with E-state index >= 15 is 0 Å². The molecule has 0 aromatic heterocycles. The van der Waals surface area contributed by atoms with Gasteiger partial charge < -0.3 is 10.2 Å². The molecule has 0 saturated carbocycles. The second-order valence-corrected chi connectivity index (χ2v) is 5.30. The molecule has 0 heterocycles. The third kappa shape index (κ3) is 5.97. The quantitative estimate of drug-likeness (QED) is 0.797. The predicted octanol–water partition coefficient (Wildman–Crippen LogP) is 3.40. The summed E-state index contributed by atoms with van der Waals surface area (Å²) in [5.74, 6) is 0.00281. The summed E-state index contributed by atoms with van der Waals surface area (Å²) in [6.45, 7) is 5.32. The molecule has 0 radical (unpaired) electrons. The van der Waals surface area contributed by atoms with Gasteiger partial charge in [0.05, 0.1) is 11.6 Å². The number of anilines is 1. The fourth-order valence-corrected chi connectivity index (χ4v) is 2.47. The number of nitriles is 1. The third-order valence-electron chi connectivity index (χ3n) is 3.76. The fraction of sp³-hybridized carbons (Fsp3) is 0.529. The van der Waals surface area contributed by atoms with E-state index < -0.39 is 0 Å². The van der Waals surface area contributed by atoms with Crippen LogP contribution in [0.3, 0.4) is 0 Å². The molecule has 4 nitrogen and oxygen atoms in total. The lowest BCUT2D eigenvalue weighted by Crippen LogP contribution is -2.31. The van der Waals surface area contributed by atoms with Crippen molar-refractivity contribution in [1.29, 1.82) is 5.26 Å². The Hall–Kier alpha value is -1.86. The molecule has 0 spiro atoms. The van der Waals surface area contributed by atoms with E-state index in [4.69, 9.17) is 5.26 Å². The van der Waals surface area contributed by atoms with Crippen LogP contribution < -0.4 is 5.32 Å². The standard InChI is InChI=1S/C17H25N3O/c1-4-16(5-2)20(3)11-7-10-17(21)19-15-9-6-8-14(12-15)13-18/h6,8-9,12,16H,4-5,7,10-11H2,1-3H3,(H,19,21). The van der Waals surface area contributed by atoms with E-state index in [9.17, 15) is 4.79 Å². The molecule has 0 bridgehead atoms. The van der Waals surface area contributed by atoms with Gasteiger partial charge in [-0.25, -0.2) is 0 Å². The SMILES string of the molecule is CCC(CC)N(C)CCCC(=O)Nc1cccc(C#N)c1. The summed E-state index contributed by atoms with van der Waals surface area (Å²) in [7, 11) is 2.12. The Bertz CT molecular complexity index is 489. The Morgan fingerprint density at radius 2 is 2.10 bits per heavy atom. The van der Waals surface area contributed by atoms with Gasteiger partial charge in [-0.3, -0.25) is 4.79 Å². The van der Waals surface area contributed by atoms with Gasteiger partial charge in [-0.15, -0.1) is 0 Å². The number of hydrogen-bond donors (Lipinski definition) is 1. The van der Waals surface area contributed by atoms with Gasteiger partial charge >= 0.3 is 0 Å². The van der Waals surface area contributed by atoms with Crippen molar-refractivity contribution in [3.8, 4) is 6.07 Å². The summed E-state index contributed by atoms with van der Waals surface area (Å²) in [6.07, 6.45) is 3.62. The Labute approximate surface area is 127 Å². The molecule has 0 aliphatic carbocycles. The molecule has 1 aromatic rings. The first kappa shape index (κ1) is 17.2. The zero-order valence-electron chi connectivity index (χ0n) is 13.2. The Morgan fingerprint density at radius 1 is 1.38 bits per heavy atom. The molecule has 1 amide bonds. The Balaban J connectivity index is 2.36. The van der Waals surface area contributed by atoms with Crippen LogP contribution in [0.15, 0.2) is 24.3 Å². The number of rotatable bonds is 8. The van der Waals surface area contributed by atoms with Gasteiger partial charge in [0, 0.05) is 18.2 Å². The lowest BCUT2D eigenvalue weighted by atomic mass is 10.1. The Kier molecular flexibility index (Phi) is 7.49. The fourth-order valence-electron chi connectivity index (χ4n) is 2.47. The van der Waals surface area contributed by atoms with Gasteiger partial charge in [-0.05, 0) is 51.1 Å². The van der Waals surface area contributed by atoms with E-state index in [1.165, 1.54) is 0 Å². The van der Waals surface area contributed by atoms with E-state index in [0.29, 0.717) is 23.7 Å². The highest BCUT2D eigenvalue weighted by Crippen LogP contribution is 2.11. The van der Waals surface area contributed by atoms with Gasteiger partial charge in [0.25, 0.3) is 0 Å². The average molecular weight is 287 g/mol. The molecule has 21 heavy (non-hydrogen) atoms. The number of carbonyl (C=O) groups is 1. The molecule has 4 heteroatoms. The minimum absolute atomic E-state index is 0.00281. The van der Waals surface area contributed by atoms with E-state index in [1.54, 1.807) is 24.3 Å². The zero-order valence-corrected chi connectivity index (χ0v) is 13.2. The van der Waals surface area contributed by atoms with Crippen molar-refractivity contribution in [3.63, 3.8) is 0 Å². The second kappa shape index (κ2) is 9.15. The van der Waals surface area contributed by atoms with Gasteiger partial charge in [0.2, 0.25) is 5.91 Å². The van der Waals surface area contributed by atoms with Crippen LogP contribution in [0, 0.1) is 11.3 Å². The van der Waals surface area contributed by atoms with Crippen LogP contribution in [-0.2, 0) is 4.79 Å².